The van der Waals surface area contributed by atoms with Crippen molar-refractivity contribution in [3.8, 4) is 0 Å². The van der Waals surface area contributed by atoms with Crippen molar-refractivity contribution in [2.24, 2.45) is 5.92 Å². The number of hydrogen-bond acceptors (Lipinski definition) is 5. The molecule has 6 heteroatoms. The van der Waals surface area contributed by atoms with Crippen molar-refractivity contribution in [3.05, 3.63) is 24.3 Å². The van der Waals surface area contributed by atoms with Crippen LogP contribution in [0.15, 0.2) is 28.6 Å². The van der Waals surface area contributed by atoms with Crippen LogP contribution in [0.4, 0.5) is 0 Å². The third-order valence-electron chi connectivity index (χ3n) is 3.64. The second-order valence-electron chi connectivity index (χ2n) is 5.23. The molecule has 1 atom stereocenters. The number of amides is 1. The van der Waals surface area contributed by atoms with Crippen molar-refractivity contribution in [1.82, 2.24) is 15.6 Å². The summed E-state index contributed by atoms with van der Waals surface area (Å²) in [6.07, 6.45) is 2.31. The van der Waals surface area contributed by atoms with E-state index in [0.717, 1.165) is 41.8 Å². The molecule has 0 saturated carbocycles. The van der Waals surface area contributed by atoms with Crippen molar-refractivity contribution in [1.29, 1.82) is 0 Å². The van der Waals surface area contributed by atoms with Gasteiger partial charge in [0, 0.05) is 6.54 Å². The van der Waals surface area contributed by atoms with Crippen LogP contribution in [0.5, 0.6) is 0 Å². The van der Waals surface area contributed by atoms with Crippen LogP contribution in [0.1, 0.15) is 12.8 Å². The van der Waals surface area contributed by atoms with Gasteiger partial charge >= 0.3 is 0 Å². The zero-order valence-electron chi connectivity index (χ0n) is 11.8. The number of nitrogens with one attached hydrogen (secondary N) is 2. The molecule has 1 aliphatic rings. The van der Waals surface area contributed by atoms with Gasteiger partial charge in [0.1, 0.15) is 0 Å². The van der Waals surface area contributed by atoms with Crippen molar-refractivity contribution >= 4 is 39.2 Å². The standard InChI is InChI=1S/C15H19N3OS2/c19-14(17-8-6-11-5-7-16-9-11)10-20-15-18-12-3-1-2-4-13(12)21-15/h1-4,11,16H,5-10H2,(H,17,19). The van der Waals surface area contributed by atoms with Gasteiger partial charge in [0.05, 0.1) is 16.0 Å². The molecule has 4 nitrogen and oxygen atoms in total. The molecule has 1 aromatic heterocycles. The van der Waals surface area contributed by atoms with E-state index in [0.29, 0.717) is 5.75 Å². The van der Waals surface area contributed by atoms with E-state index in [-0.39, 0.29) is 5.91 Å². The first kappa shape index (κ1) is 14.8. The van der Waals surface area contributed by atoms with Crippen molar-refractivity contribution in [2.45, 2.75) is 17.2 Å². The quantitative estimate of drug-likeness (QED) is 0.803. The van der Waals surface area contributed by atoms with Gasteiger partial charge < -0.3 is 10.6 Å². The summed E-state index contributed by atoms with van der Waals surface area (Å²) in [4.78, 5) is 16.4. The fraction of sp³-hybridized carbons (Fsp3) is 0.467. The highest BCUT2D eigenvalue weighted by Crippen LogP contribution is 2.28. The molecule has 2 heterocycles. The zero-order valence-corrected chi connectivity index (χ0v) is 13.4. The smallest absolute Gasteiger partial charge is 0.230 e. The monoisotopic (exact) mass is 321 g/mol. The highest BCUT2D eigenvalue weighted by Gasteiger charge is 2.14. The van der Waals surface area contributed by atoms with Gasteiger partial charge in [0.15, 0.2) is 4.34 Å². The Kier molecular flexibility index (Phi) is 5.11. The molecular formula is C15H19N3OS2. The lowest BCUT2D eigenvalue weighted by atomic mass is 10.1. The lowest BCUT2D eigenvalue weighted by Gasteiger charge is -2.08. The van der Waals surface area contributed by atoms with E-state index in [2.05, 4.69) is 21.7 Å². The average molecular weight is 321 g/mol. The van der Waals surface area contributed by atoms with E-state index >= 15 is 0 Å². The van der Waals surface area contributed by atoms with E-state index in [1.165, 1.54) is 22.9 Å². The molecule has 0 radical (unpaired) electrons. The molecule has 0 bridgehead atoms. The molecule has 3 rings (SSSR count). The molecule has 0 spiro atoms. The van der Waals surface area contributed by atoms with E-state index < -0.39 is 0 Å². The summed E-state index contributed by atoms with van der Waals surface area (Å²) in [5.74, 6) is 1.27. The van der Waals surface area contributed by atoms with Gasteiger partial charge in [-0.3, -0.25) is 4.79 Å². The van der Waals surface area contributed by atoms with Crippen molar-refractivity contribution < 1.29 is 4.79 Å². The first-order chi connectivity index (χ1) is 10.3. The second kappa shape index (κ2) is 7.24. The molecule has 1 amide bonds. The molecule has 1 unspecified atom stereocenters. The van der Waals surface area contributed by atoms with Crippen LogP contribution in [0, 0.1) is 5.92 Å². The number of benzene rings is 1. The van der Waals surface area contributed by atoms with E-state index in [1.54, 1.807) is 11.3 Å². The highest BCUT2D eigenvalue weighted by molar-refractivity contribution is 8.01. The largest absolute Gasteiger partial charge is 0.355 e. The van der Waals surface area contributed by atoms with Gasteiger partial charge in [-0.15, -0.1) is 11.3 Å². The number of rotatable bonds is 6. The van der Waals surface area contributed by atoms with Crippen LogP contribution < -0.4 is 10.6 Å². The molecule has 2 N–H and O–H groups in total. The van der Waals surface area contributed by atoms with Crippen molar-refractivity contribution in [2.75, 3.05) is 25.4 Å². The van der Waals surface area contributed by atoms with Gasteiger partial charge in [0.25, 0.3) is 0 Å². The van der Waals surface area contributed by atoms with Crippen LogP contribution >= 0.6 is 23.1 Å². The maximum Gasteiger partial charge on any atom is 0.230 e. The summed E-state index contributed by atoms with van der Waals surface area (Å²) in [5.41, 5.74) is 1.01. The minimum atomic E-state index is 0.102. The molecule has 112 valence electrons. The second-order valence-corrected chi connectivity index (χ2v) is 7.49. The number of aromatic nitrogens is 1. The number of para-hydroxylation sites is 1. The number of thiazole rings is 1. The van der Waals surface area contributed by atoms with Gasteiger partial charge in [-0.25, -0.2) is 4.98 Å². The SMILES string of the molecule is O=C(CSc1nc2ccccc2s1)NCCC1CCNC1. The fourth-order valence-corrected chi connectivity index (χ4v) is 4.37. The maximum atomic E-state index is 11.8. The summed E-state index contributed by atoms with van der Waals surface area (Å²) >= 11 is 3.17. The van der Waals surface area contributed by atoms with Gasteiger partial charge in [-0.05, 0) is 44.0 Å². The molecular weight excluding hydrogens is 302 g/mol. The number of thioether (sulfide) groups is 1. The molecule has 0 aliphatic carbocycles. The van der Waals surface area contributed by atoms with Crippen LogP contribution in [-0.4, -0.2) is 36.3 Å². The minimum Gasteiger partial charge on any atom is -0.355 e. The molecule has 1 fully saturated rings. The third-order valence-corrected chi connectivity index (χ3v) is 5.82. The molecule has 1 aromatic carbocycles. The van der Waals surface area contributed by atoms with Gasteiger partial charge in [-0.1, -0.05) is 23.9 Å². The molecule has 1 aliphatic heterocycles. The van der Waals surface area contributed by atoms with Crippen LogP contribution in [-0.2, 0) is 4.79 Å². The zero-order chi connectivity index (χ0) is 14.5. The number of carbonyl (C=O) groups excluding carboxylic acids is 1. The molecule has 1 saturated heterocycles. The fourth-order valence-electron chi connectivity index (χ4n) is 2.47. The lowest BCUT2D eigenvalue weighted by molar-refractivity contribution is -0.118. The third kappa shape index (κ3) is 4.18. The lowest BCUT2D eigenvalue weighted by Crippen LogP contribution is -2.27. The Bertz CT molecular complexity index is 575. The maximum absolute atomic E-state index is 11.8. The Hall–Kier alpha value is -1.11. The Morgan fingerprint density at radius 2 is 2.38 bits per heavy atom. The first-order valence-electron chi connectivity index (χ1n) is 7.27. The Morgan fingerprint density at radius 1 is 1.48 bits per heavy atom. The van der Waals surface area contributed by atoms with E-state index in [1.807, 2.05) is 18.2 Å². The summed E-state index contributed by atoms with van der Waals surface area (Å²) in [7, 11) is 0. The number of hydrogen-bond donors (Lipinski definition) is 2. The summed E-state index contributed by atoms with van der Waals surface area (Å²) < 4.78 is 2.14. The Labute approximate surface area is 132 Å². The number of carbonyl (C=O) groups is 1. The first-order valence-corrected chi connectivity index (χ1v) is 9.07. The van der Waals surface area contributed by atoms with Crippen LogP contribution in [0.25, 0.3) is 10.2 Å². The highest BCUT2D eigenvalue weighted by atomic mass is 32.2. The Morgan fingerprint density at radius 3 is 3.19 bits per heavy atom. The number of nitrogens with zero attached hydrogens (tertiary/aromatic N) is 1. The Balaban J connectivity index is 1.40. The number of fused-ring (bicyclic) bond motifs is 1. The summed E-state index contributed by atoms with van der Waals surface area (Å²) in [6, 6.07) is 8.07. The van der Waals surface area contributed by atoms with Crippen LogP contribution in [0.3, 0.4) is 0 Å². The topological polar surface area (TPSA) is 54.0 Å². The molecule has 2 aromatic rings. The van der Waals surface area contributed by atoms with E-state index in [4.69, 9.17) is 0 Å². The predicted molar refractivity (Wildman–Crippen MR) is 88.9 cm³/mol. The minimum absolute atomic E-state index is 0.102. The average Bonchev–Trinajstić information content (AvgIpc) is 3.13. The van der Waals surface area contributed by atoms with Gasteiger partial charge in [0.2, 0.25) is 5.91 Å². The predicted octanol–water partition coefficient (Wildman–Crippen LogP) is 2.50. The molecule has 21 heavy (non-hydrogen) atoms. The van der Waals surface area contributed by atoms with Crippen molar-refractivity contribution in [3.63, 3.8) is 0 Å². The van der Waals surface area contributed by atoms with E-state index in [9.17, 15) is 4.79 Å². The van der Waals surface area contributed by atoms with Gasteiger partial charge in [-0.2, -0.15) is 0 Å². The van der Waals surface area contributed by atoms with Crippen LogP contribution in [0.2, 0.25) is 0 Å². The normalized spacial score (nSPS) is 18.2. The summed E-state index contributed by atoms with van der Waals surface area (Å²) in [5, 5.41) is 6.35. The summed E-state index contributed by atoms with van der Waals surface area (Å²) in [6.45, 7) is 2.99.